The molecule has 3 saturated carbocycles. The van der Waals surface area contributed by atoms with Gasteiger partial charge in [-0.3, -0.25) is 19.1 Å². The van der Waals surface area contributed by atoms with Crippen molar-refractivity contribution in [2.75, 3.05) is 27.4 Å². The first-order valence-corrected chi connectivity index (χ1v) is 21.9. The molecule has 2 heterocycles. The Bertz CT molecular complexity index is 1970. The summed E-state index contributed by atoms with van der Waals surface area (Å²) in [5.41, 5.74) is -1.46. The lowest BCUT2D eigenvalue weighted by Gasteiger charge is -2.36. The fraction of sp³-hybridized carbons (Fsp3) is 0.667. The zero-order valence-electron chi connectivity index (χ0n) is 33.4. The van der Waals surface area contributed by atoms with Crippen LogP contribution < -0.4 is 20.1 Å². The van der Waals surface area contributed by atoms with Crippen LogP contribution in [0.3, 0.4) is 0 Å². The number of nitrogens with one attached hydrogen (secondary N) is 3. The third kappa shape index (κ3) is 8.23. The maximum Gasteiger partial charge on any atom is 0.407 e. The molecule has 306 valence electrons. The fourth-order valence-electron chi connectivity index (χ4n) is 8.87. The topological polar surface area (TPSA) is 169 Å². The first kappa shape index (κ1) is 40.3. The van der Waals surface area contributed by atoms with Gasteiger partial charge in [-0.1, -0.05) is 58.6 Å². The Morgan fingerprint density at radius 3 is 2.30 bits per heavy atom. The van der Waals surface area contributed by atoms with E-state index in [1.165, 1.54) is 4.90 Å². The quantitative estimate of drug-likeness (QED) is 0.325. The summed E-state index contributed by atoms with van der Waals surface area (Å²) in [5.74, 6) is -0.951. The molecular weight excluding hydrogens is 737 g/mol. The van der Waals surface area contributed by atoms with Crippen LogP contribution in [-0.2, 0) is 45.9 Å². The van der Waals surface area contributed by atoms with Crippen molar-refractivity contribution >= 4 is 44.6 Å². The maximum atomic E-state index is 14.9. The molecule has 5 bridgehead atoms. The number of methoxy groups -OCH3 is 2. The lowest BCUT2D eigenvalue weighted by Crippen LogP contribution is -2.60. The summed E-state index contributed by atoms with van der Waals surface area (Å²) in [7, 11) is -0.622. The molecule has 7 rings (SSSR count). The van der Waals surface area contributed by atoms with Crippen molar-refractivity contribution in [3.63, 3.8) is 0 Å². The molecule has 2 aliphatic heterocycles. The van der Waals surface area contributed by atoms with E-state index in [9.17, 15) is 27.6 Å². The van der Waals surface area contributed by atoms with Crippen LogP contribution in [-0.4, -0.2) is 87.4 Å². The molecule has 1 saturated heterocycles. The summed E-state index contributed by atoms with van der Waals surface area (Å²) in [4.78, 5) is 58.1. The number of cyclic esters (lactones) is 1. The number of alkyl carbamates (subject to hydrolysis) is 1. The smallest absolute Gasteiger partial charge is 0.407 e. The zero-order chi connectivity index (χ0) is 40.0. The summed E-state index contributed by atoms with van der Waals surface area (Å²) in [5, 5.41) is 7.16. The fourth-order valence-corrected chi connectivity index (χ4v) is 10.2. The van der Waals surface area contributed by atoms with Gasteiger partial charge in [0.05, 0.1) is 25.5 Å². The summed E-state index contributed by atoms with van der Waals surface area (Å²) in [6, 6.07) is 7.99. The second-order valence-electron chi connectivity index (χ2n) is 17.8. The SMILES string of the molecule is COc1cc2ccc3cc2cc1CCCCCCCCOC(=O)N[C@@H](C(C)(C)C)C(=O)N1C[C@@]3(OC)C[C@H]1C(=O)N[C@]1(C(=O)NS(=O)(=O)C2CC2)C[C@H]1C1CC1. The Kier molecular flexibility index (Phi) is 11.1. The highest BCUT2D eigenvalue weighted by Gasteiger charge is 2.67. The normalized spacial score (nSPS) is 29.3. The van der Waals surface area contributed by atoms with Crippen molar-refractivity contribution in [1.82, 2.24) is 20.3 Å². The molecule has 0 radical (unpaired) electrons. The molecule has 0 aromatic heterocycles. The first-order valence-electron chi connectivity index (χ1n) is 20.4. The number of aryl methyl sites for hydroxylation is 1. The predicted octanol–water partition coefficient (Wildman–Crippen LogP) is 5.22. The average Bonchev–Trinajstić information content (AvgIpc) is 4.03. The summed E-state index contributed by atoms with van der Waals surface area (Å²) >= 11 is 0. The number of carbonyl (C=O) groups excluding carboxylic acids is 4. The van der Waals surface area contributed by atoms with Gasteiger partial charge in [0.1, 0.15) is 29.0 Å². The van der Waals surface area contributed by atoms with Crippen LogP contribution in [0.4, 0.5) is 4.79 Å². The maximum absolute atomic E-state index is 14.9. The van der Waals surface area contributed by atoms with Gasteiger partial charge in [-0.15, -0.1) is 0 Å². The number of ether oxygens (including phenoxy) is 3. The molecule has 56 heavy (non-hydrogen) atoms. The number of hydrogen-bond donors (Lipinski definition) is 3. The van der Waals surface area contributed by atoms with Crippen molar-refractivity contribution < 1.29 is 41.8 Å². The molecule has 3 N–H and O–H groups in total. The van der Waals surface area contributed by atoms with Gasteiger partial charge in [0.25, 0.3) is 5.91 Å². The van der Waals surface area contributed by atoms with Crippen molar-refractivity contribution in [3.05, 3.63) is 41.5 Å². The molecule has 2 aromatic carbocycles. The van der Waals surface area contributed by atoms with Crippen LogP contribution in [0.25, 0.3) is 10.8 Å². The molecule has 14 heteroatoms. The van der Waals surface area contributed by atoms with Crippen LogP contribution in [0.5, 0.6) is 5.75 Å². The van der Waals surface area contributed by atoms with Gasteiger partial charge in [0, 0.05) is 13.5 Å². The molecule has 13 nitrogen and oxygen atoms in total. The zero-order valence-corrected chi connectivity index (χ0v) is 34.2. The largest absolute Gasteiger partial charge is 0.496 e. The molecule has 0 spiro atoms. The first-order chi connectivity index (χ1) is 26.6. The monoisotopic (exact) mass is 794 g/mol. The molecule has 3 aliphatic carbocycles. The number of hydrogen-bond acceptors (Lipinski definition) is 9. The van der Waals surface area contributed by atoms with Gasteiger partial charge in [-0.25, -0.2) is 13.2 Å². The Balaban J connectivity index is 1.26. The third-order valence-corrected chi connectivity index (χ3v) is 14.5. The van der Waals surface area contributed by atoms with Gasteiger partial charge in [0.15, 0.2) is 0 Å². The second kappa shape index (κ2) is 15.4. The highest BCUT2D eigenvalue weighted by Crippen LogP contribution is 2.57. The van der Waals surface area contributed by atoms with Gasteiger partial charge in [0.2, 0.25) is 21.8 Å². The highest BCUT2D eigenvalue weighted by molar-refractivity contribution is 7.91. The van der Waals surface area contributed by atoms with Crippen molar-refractivity contribution in [3.8, 4) is 5.75 Å². The Morgan fingerprint density at radius 2 is 1.64 bits per heavy atom. The molecular formula is C42H58N4O9S. The van der Waals surface area contributed by atoms with Crippen LogP contribution in [0, 0.1) is 17.3 Å². The number of nitrogens with zero attached hydrogens (tertiary/aromatic N) is 1. The van der Waals surface area contributed by atoms with Gasteiger partial charge in [-0.05, 0) is 109 Å². The predicted molar refractivity (Wildman–Crippen MR) is 210 cm³/mol. The minimum absolute atomic E-state index is 0.0143. The second-order valence-corrected chi connectivity index (χ2v) is 19.8. The van der Waals surface area contributed by atoms with E-state index >= 15 is 0 Å². The van der Waals surface area contributed by atoms with E-state index in [1.54, 1.807) is 14.2 Å². The number of fused-ring (bicyclic) bond motifs is 5. The lowest BCUT2D eigenvalue weighted by molar-refractivity contribution is -0.143. The number of benzene rings is 2. The van der Waals surface area contributed by atoms with E-state index in [2.05, 4.69) is 21.4 Å². The van der Waals surface area contributed by atoms with E-state index in [0.717, 1.165) is 79.0 Å². The van der Waals surface area contributed by atoms with Crippen LogP contribution in [0.2, 0.25) is 0 Å². The number of amides is 4. The van der Waals surface area contributed by atoms with E-state index < -0.39 is 67.7 Å². The molecule has 4 amide bonds. The summed E-state index contributed by atoms with van der Waals surface area (Å²) < 4.78 is 45.8. The summed E-state index contributed by atoms with van der Waals surface area (Å²) in [6.45, 7) is 5.72. The van der Waals surface area contributed by atoms with Gasteiger partial charge >= 0.3 is 6.09 Å². The van der Waals surface area contributed by atoms with Crippen LogP contribution >= 0.6 is 0 Å². The van der Waals surface area contributed by atoms with E-state index in [4.69, 9.17) is 14.2 Å². The number of rotatable bonds is 8. The molecule has 4 fully saturated rings. The van der Waals surface area contributed by atoms with Gasteiger partial charge < -0.3 is 29.7 Å². The van der Waals surface area contributed by atoms with Crippen molar-refractivity contribution in [2.45, 2.75) is 133 Å². The van der Waals surface area contributed by atoms with Crippen LogP contribution in [0.15, 0.2) is 30.3 Å². The van der Waals surface area contributed by atoms with Crippen LogP contribution in [0.1, 0.15) is 109 Å². The lowest BCUT2D eigenvalue weighted by atomic mass is 9.85. The van der Waals surface area contributed by atoms with E-state index in [0.29, 0.717) is 25.7 Å². The van der Waals surface area contributed by atoms with E-state index in [-0.39, 0.29) is 31.4 Å². The number of carbonyl (C=O) groups is 4. The molecule has 0 unspecified atom stereocenters. The highest BCUT2D eigenvalue weighted by atomic mass is 32.2. The Morgan fingerprint density at radius 1 is 0.929 bits per heavy atom. The third-order valence-electron chi connectivity index (χ3n) is 12.7. The average molecular weight is 795 g/mol. The van der Waals surface area contributed by atoms with Crippen molar-refractivity contribution in [2.24, 2.45) is 17.3 Å². The Hall–Kier alpha value is -3.91. The minimum atomic E-state index is -3.87. The molecule has 2 aromatic rings. The minimum Gasteiger partial charge on any atom is -0.496 e. The summed E-state index contributed by atoms with van der Waals surface area (Å²) in [6.07, 6.45) is 9.06. The van der Waals surface area contributed by atoms with Crippen molar-refractivity contribution in [1.29, 1.82) is 0 Å². The standard InChI is InChI=1S/C42H58N4O9S/c1-40(2,3)35-37(48)46-25-41(54-5,24-33(46)36(47)44-42(23-32(42)26-13-14-26)38(49)45-56(51,52)31-17-18-31)30-16-15-27-22-34(53-4)28(20-29(27)21-30)12-10-8-6-7-9-11-19-55-39(50)43-35/h15-16,20-22,26,31-33,35H,6-14,17-19,23-25H2,1-5H3,(H,43,50)(H,44,47)(H,45,49)/t32-,33-,35+,41-,42+/m0/s1. The molecule has 5 aliphatic rings. The van der Waals surface area contributed by atoms with Gasteiger partial charge in [-0.2, -0.15) is 0 Å². The Labute approximate surface area is 330 Å². The number of sulfonamides is 1. The molecule has 5 atom stereocenters. The van der Waals surface area contributed by atoms with E-state index in [1.807, 2.05) is 45.0 Å².